The maximum absolute atomic E-state index is 12.2. The van der Waals surface area contributed by atoms with Crippen molar-refractivity contribution in [1.82, 2.24) is 10.7 Å². The van der Waals surface area contributed by atoms with Crippen LogP contribution in [-0.4, -0.2) is 38.0 Å². The number of nitrogens with one attached hydrogen (secondary N) is 2. The standard InChI is InChI=1S/C23H21N3O5/c1-2-29-19-9-8-16(17-5-3-4-6-18(17)19)12-25-26-22(27)13-24-23(28)15-7-10-20-21(11-15)31-14-30-20/h3-12H,2,13-14H2,1H3,(H,24,28)(H,26,27)/b25-12-. The number of nitrogens with zero attached hydrogens (tertiary/aromatic N) is 1. The lowest BCUT2D eigenvalue weighted by Crippen LogP contribution is -2.34. The van der Waals surface area contributed by atoms with Crippen molar-refractivity contribution in [1.29, 1.82) is 0 Å². The molecule has 0 aromatic heterocycles. The summed E-state index contributed by atoms with van der Waals surface area (Å²) in [5.74, 6) is 1.05. The van der Waals surface area contributed by atoms with Crippen molar-refractivity contribution in [3.8, 4) is 17.2 Å². The van der Waals surface area contributed by atoms with Crippen molar-refractivity contribution in [3.63, 3.8) is 0 Å². The molecule has 3 aromatic rings. The van der Waals surface area contributed by atoms with Gasteiger partial charge in [-0.05, 0) is 42.6 Å². The Bertz CT molecular complexity index is 1160. The summed E-state index contributed by atoms with van der Waals surface area (Å²) in [6.07, 6.45) is 1.57. The lowest BCUT2D eigenvalue weighted by Gasteiger charge is -2.09. The number of carbonyl (C=O) groups excluding carboxylic acids is 2. The Kier molecular flexibility index (Phi) is 5.98. The van der Waals surface area contributed by atoms with Gasteiger partial charge in [0.1, 0.15) is 5.75 Å². The van der Waals surface area contributed by atoms with Crippen molar-refractivity contribution < 1.29 is 23.8 Å². The summed E-state index contributed by atoms with van der Waals surface area (Å²) in [6, 6.07) is 16.4. The molecule has 0 bridgehead atoms. The molecule has 8 nitrogen and oxygen atoms in total. The van der Waals surface area contributed by atoms with Crippen molar-refractivity contribution in [3.05, 3.63) is 65.7 Å². The molecule has 0 unspecified atom stereocenters. The van der Waals surface area contributed by atoms with Crippen LogP contribution < -0.4 is 25.0 Å². The first-order chi connectivity index (χ1) is 15.2. The number of benzene rings is 3. The average Bonchev–Trinajstić information content (AvgIpc) is 3.27. The zero-order valence-electron chi connectivity index (χ0n) is 16.9. The van der Waals surface area contributed by atoms with Gasteiger partial charge in [-0.3, -0.25) is 9.59 Å². The first kappa shape index (κ1) is 20.2. The van der Waals surface area contributed by atoms with Gasteiger partial charge in [-0.1, -0.05) is 24.3 Å². The number of fused-ring (bicyclic) bond motifs is 2. The fourth-order valence-corrected chi connectivity index (χ4v) is 3.20. The van der Waals surface area contributed by atoms with E-state index in [1.807, 2.05) is 43.3 Å². The molecule has 0 saturated heterocycles. The zero-order chi connectivity index (χ0) is 21.6. The highest BCUT2D eigenvalue weighted by Gasteiger charge is 2.16. The minimum atomic E-state index is -0.444. The van der Waals surface area contributed by atoms with Gasteiger partial charge >= 0.3 is 0 Å². The average molecular weight is 419 g/mol. The SMILES string of the molecule is CCOc1ccc(/C=N\NC(=O)CNC(=O)c2ccc3c(c2)OCO3)c2ccccc12. The summed E-state index contributed by atoms with van der Waals surface area (Å²) in [4.78, 5) is 24.3. The van der Waals surface area contributed by atoms with E-state index in [9.17, 15) is 9.59 Å². The largest absolute Gasteiger partial charge is 0.493 e. The molecule has 8 heteroatoms. The Morgan fingerprint density at radius 1 is 1.06 bits per heavy atom. The van der Waals surface area contributed by atoms with Crippen LogP contribution in [0.5, 0.6) is 17.2 Å². The Labute approximate surface area is 178 Å². The number of rotatable bonds is 7. The first-order valence-corrected chi connectivity index (χ1v) is 9.80. The topological polar surface area (TPSA) is 98.2 Å². The molecule has 0 spiro atoms. The highest BCUT2D eigenvalue weighted by molar-refractivity contribution is 6.02. The number of hydrazone groups is 1. The second-order valence-corrected chi connectivity index (χ2v) is 6.68. The summed E-state index contributed by atoms with van der Waals surface area (Å²) in [7, 11) is 0. The normalized spacial score (nSPS) is 12.2. The maximum atomic E-state index is 12.2. The summed E-state index contributed by atoms with van der Waals surface area (Å²) >= 11 is 0. The van der Waals surface area contributed by atoms with Gasteiger partial charge in [-0.2, -0.15) is 5.10 Å². The third-order valence-corrected chi connectivity index (χ3v) is 4.65. The Balaban J connectivity index is 1.35. The van der Waals surface area contributed by atoms with Crippen LogP contribution in [0.3, 0.4) is 0 Å². The Hall–Kier alpha value is -4.07. The van der Waals surface area contributed by atoms with Crippen molar-refractivity contribution >= 4 is 28.8 Å². The minimum Gasteiger partial charge on any atom is -0.493 e. The highest BCUT2D eigenvalue weighted by atomic mass is 16.7. The molecule has 0 saturated carbocycles. The molecule has 2 amide bonds. The van der Waals surface area contributed by atoms with E-state index in [0.29, 0.717) is 23.7 Å². The molecule has 4 rings (SSSR count). The molecule has 1 aliphatic heterocycles. The predicted molar refractivity (Wildman–Crippen MR) is 116 cm³/mol. The molecule has 0 atom stereocenters. The summed E-state index contributed by atoms with van der Waals surface area (Å²) in [5, 5.41) is 8.49. The third-order valence-electron chi connectivity index (χ3n) is 4.65. The van der Waals surface area contributed by atoms with Gasteiger partial charge in [0, 0.05) is 16.5 Å². The minimum absolute atomic E-state index is 0.129. The Morgan fingerprint density at radius 3 is 2.71 bits per heavy atom. The lowest BCUT2D eigenvalue weighted by atomic mass is 10.0. The van der Waals surface area contributed by atoms with Crippen molar-refractivity contribution in [2.75, 3.05) is 19.9 Å². The zero-order valence-corrected chi connectivity index (χ0v) is 16.9. The van der Waals surface area contributed by atoms with Crippen LogP contribution >= 0.6 is 0 Å². The van der Waals surface area contributed by atoms with Crippen LogP contribution in [0.1, 0.15) is 22.8 Å². The monoisotopic (exact) mass is 419 g/mol. The van der Waals surface area contributed by atoms with E-state index in [2.05, 4.69) is 15.8 Å². The van der Waals surface area contributed by atoms with Crippen LogP contribution in [0.15, 0.2) is 59.7 Å². The molecule has 2 N–H and O–H groups in total. The third kappa shape index (κ3) is 4.58. The van der Waals surface area contributed by atoms with E-state index in [0.717, 1.165) is 22.1 Å². The van der Waals surface area contributed by atoms with Crippen LogP contribution in [0.4, 0.5) is 0 Å². The van der Waals surface area contributed by atoms with E-state index in [4.69, 9.17) is 14.2 Å². The summed E-state index contributed by atoms with van der Waals surface area (Å²) < 4.78 is 16.1. The van der Waals surface area contributed by atoms with Crippen LogP contribution in [0, 0.1) is 0 Å². The summed E-state index contributed by atoms with van der Waals surface area (Å²) in [6.45, 7) is 2.43. The second kappa shape index (κ2) is 9.17. The van der Waals surface area contributed by atoms with Gasteiger partial charge in [0.25, 0.3) is 11.8 Å². The fourth-order valence-electron chi connectivity index (χ4n) is 3.20. The first-order valence-electron chi connectivity index (χ1n) is 9.80. The smallest absolute Gasteiger partial charge is 0.259 e. The van der Waals surface area contributed by atoms with Gasteiger partial charge in [0.15, 0.2) is 11.5 Å². The molecular formula is C23H21N3O5. The number of amides is 2. The molecule has 0 aliphatic carbocycles. The second-order valence-electron chi connectivity index (χ2n) is 6.68. The quantitative estimate of drug-likeness (QED) is 0.453. The molecule has 31 heavy (non-hydrogen) atoms. The van der Waals surface area contributed by atoms with E-state index < -0.39 is 11.8 Å². The van der Waals surface area contributed by atoms with Crippen molar-refractivity contribution in [2.24, 2.45) is 5.10 Å². The van der Waals surface area contributed by atoms with E-state index in [1.54, 1.807) is 24.4 Å². The van der Waals surface area contributed by atoms with Crippen LogP contribution in [-0.2, 0) is 4.79 Å². The molecule has 1 heterocycles. The van der Waals surface area contributed by atoms with E-state index in [1.165, 1.54) is 0 Å². The van der Waals surface area contributed by atoms with E-state index in [-0.39, 0.29) is 13.3 Å². The summed E-state index contributed by atoms with van der Waals surface area (Å²) in [5.41, 5.74) is 3.64. The van der Waals surface area contributed by atoms with Gasteiger partial charge in [-0.25, -0.2) is 5.43 Å². The predicted octanol–water partition coefficient (Wildman–Crippen LogP) is 2.85. The fraction of sp³-hybridized carbons (Fsp3) is 0.174. The number of hydrogen-bond donors (Lipinski definition) is 2. The van der Waals surface area contributed by atoms with Gasteiger partial charge in [-0.15, -0.1) is 0 Å². The lowest BCUT2D eigenvalue weighted by molar-refractivity contribution is -0.120. The van der Waals surface area contributed by atoms with Gasteiger partial charge in [0.05, 0.1) is 19.4 Å². The number of hydrogen-bond acceptors (Lipinski definition) is 6. The molecule has 0 radical (unpaired) electrons. The molecule has 158 valence electrons. The highest BCUT2D eigenvalue weighted by Crippen LogP contribution is 2.32. The molecule has 0 fully saturated rings. The number of ether oxygens (including phenoxy) is 3. The van der Waals surface area contributed by atoms with Gasteiger partial charge in [0.2, 0.25) is 6.79 Å². The molecular weight excluding hydrogens is 398 g/mol. The molecule has 1 aliphatic rings. The molecule has 3 aromatic carbocycles. The van der Waals surface area contributed by atoms with Crippen LogP contribution in [0.2, 0.25) is 0 Å². The maximum Gasteiger partial charge on any atom is 0.259 e. The number of carbonyl (C=O) groups is 2. The van der Waals surface area contributed by atoms with Gasteiger partial charge < -0.3 is 19.5 Å². The Morgan fingerprint density at radius 2 is 1.87 bits per heavy atom. The van der Waals surface area contributed by atoms with Crippen LogP contribution in [0.25, 0.3) is 10.8 Å². The van der Waals surface area contributed by atoms with Crippen molar-refractivity contribution in [2.45, 2.75) is 6.92 Å². The van der Waals surface area contributed by atoms with E-state index >= 15 is 0 Å².